The third-order valence-electron chi connectivity index (χ3n) is 3.17. The van der Waals surface area contributed by atoms with Crippen LogP contribution < -0.4 is 4.90 Å². The van der Waals surface area contributed by atoms with Gasteiger partial charge in [0.2, 0.25) is 0 Å². The summed E-state index contributed by atoms with van der Waals surface area (Å²) in [5, 5.41) is 10.8. The molecule has 0 saturated carbocycles. The molecule has 0 radical (unpaired) electrons. The molecule has 6 heteroatoms. The molecule has 0 aliphatic carbocycles. The van der Waals surface area contributed by atoms with E-state index in [1.807, 2.05) is 40.1 Å². The summed E-state index contributed by atoms with van der Waals surface area (Å²) in [6, 6.07) is 9.52. The number of imidazole rings is 1. The number of rotatable bonds is 3. The zero-order chi connectivity index (χ0) is 14.1. The maximum atomic E-state index is 8.84. The van der Waals surface area contributed by atoms with E-state index < -0.39 is 0 Å². The van der Waals surface area contributed by atoms with Gasteiger partial charge in [-0.15, -0.1) is 22.9 Å². The van der Waals surface area contributed by atoms with Crippen molar-refractivity contribution in [2.24, 2.45) is 0 Å². The molecule has 2 heterocycles. The van der Waals surface area contributed by atoms with Crippen LogP contribution in [0.2, 0.25) is 0 Å². The van der Waals surface area contributed by atoms with Crippen LogP contribution in [0.3, 0.4) is 0 Å². The number of thiazole rings is 1. The molecule has 0 spiro atoms. The Morgan fingerprint density at radius 2 is 2.15 bits per heavy atom. The molecule has 0 atom stereocenters. The SMILES string of the molecule is CN(c1ccc(C#N)cc1)c1nc2sccn2c1CCl. The summed E-state index contributed by atoms with van der Waals surface area (Å²) in [6.45, 7) is 0. The molecular weight excluding hydrogens is 292 g/mol. The minimum atomic E-state index is 0.397. The highest BCUT2D eigenvalue weighted by Gasteiger charge is 2.16. The van der Waals surface area contributed by atoms with Crippen LogP contribution in [0.1, 0.15) is 11.3 Å². The fourth-order valence-electron chi connectivity index (χ4n) is 2.10. The van der Waals surface area contributed by atoms with Gasteiger partial charge >= 0.3 is 0 Å². The molecule has 0 bridgehead atoms. The van der Waals surface area contributed by atoms with E-state index in [1.54, 1.807) is 23.5 Å². The lowest BCUT2D eigenvalue weighted by atomic mass is 10.2. The first-order valence-electron chi connectivity index (χ1n) is 5.99. The zero-order valence-electron chi connectivity index (χ0n) is 10.7. The first-order valence-corrected chi connectivity index (χ1v) is 7.40. The number of aromatic nitrogens is 2. The number of anilines is 2. The van der Waals surface area contributed by atoms with E-state index in [-0.39, 0.29) is 0 Å². The quantitative estimate of drug-likeness (QED) is 0.692. The Hall–Kier alpha value is -2.03. The van der Waals surface area contributed by atoms with Gasteiger partial charge in [0.25, 0.3) is 0 Å². The fraction of sp³-hybridized carbons (Fsp3) is 0.143. The van der Waals surface area contributed by atoms with Crippen LogP contribution in [0, 0.1) is 11.3 Å². The fourth-order valence-corrected chi connectivity index (χ4v) is 3.07. The largest absolute Gasteiger partial charge is 0.328 e. The molecule has 3 rings (SSSR count). The highest BCUT2D eigenvalue weighted by atomic mass is 35.5. The van der Waals surface area contributed by atoms with Gasteiger partial charge in [0, 0.05) is 24.3 Å². The highest BCUT2D eigenvalue weighted by molar-refractivity contribution is 7.15. The Kier molecular flexibility index (Phi) is 3.35. The molecule has 0 amide bonds. The van der Waals surface area contributed by atoms with Gasteiger partial charge in [-0.05, 0) is 24.3 Å². The van der Waals surface area contributed by atoms with E-state index in [0.717, 1.165) is 22.2 Å². The molecule has 0 saturated heterocycles. The van der Waals surface area contributed by atoms with Crippen LogP contribution in [0.5, 0.6) is 0 Å². The zero-order valence-corrected chi connectivity index (χ0v) is 12.3. The summed E-state index contributed by atoms with van der Waals surface area (Å²) in [4.78, 5) is 7.53. The van der Waals surface area contributed by atoms with Crippen molar-refractivity contribution in [1.29, 1.82) is 5.26 Å². The van der Waals surface area contributed by atoms with Gasteiger partial charge in [-0.3, -0.25) is 4.40 Å². The average molecular weight is 303 g/mol. The van der Waals surface area contributed by atoms with Crippen molar-refractivity contribution < 1.29 is 0 Å². The molecule has 0 aliphatic heterocycles. The van der Waals surface area contributed by atoms with E-state index in [0.29, 0.717) is 11.4 Å². The summed E-state index contributed by atoms with van der Waals surface area (Å²) in [5.74, 6) is 1.24. The molecule has 0 N–H and O–H groups in total. The van der Waals surface area contributed by atoms with Crippen molar-refractivity contribution >= 4 is 39.4 Å². The molecule has 20 heavy (non-hydrogen) atoms. The standard InChI is InChI=1S/C14H11ClN4S/c1-18(11-4-2-10(9-16)3-5-11)13-12(8-15)19-6-7-20-14(19)17-13/h2-7H,8H2,1H3. The van der Waals surface area contributed by atoms with Gasteiger partial charge in [0.15, 0.2) is 10.8 Å². The minimum absolute atomic E-state index is 0.397. The first kappa shape index (κ1) is 13.0. The number of nitrogens with zero attached hydrogens (tertiary/aromatic N) is 4. The van der Waals surface area contributed by atoms with Crippen molar-refractivity contribution in [1.82, 2.24) is 9.38 Å². The second kappa shape index (κ2) is 5.16. The molecule has 4 nitrogen and oxygen atoms in total. The number of alkyl halides is 1. The van der Waals surface area contributed by atoms with E-state index >= 15 is 0 Å². The van der Waals surface area contributed by atoms with E-state index in [9.17, 15) is 0 Å². The Bertz CT molecular complexity index is 782. The van der Waals surface area contributed by atoms with E-state index in [4.69, 9.17) is 16.9 Å². The monoisotopic (exact) mass is 302 g/mol. The van der Waals surface area contributed by atoms with Crippen LogP contribution in [0.4, 0.5) is 11.5 Å². The van der Waals surface area contributed by atoms with Crippen molar-refractivity contribution in [3.8, 4) is 6.07 Å². The third kappa shape index (κ3) is 2.03. The van der Waals surface area contributed by atoms with Crippen molar-refractivity contribution in [3.05, 3.63) is 47.1 Å². The predicted octanol–water partition coefficient (Wildman–Crippen LogP) is 3.77. The molecule has 0 unspecified atom stereocenters. The molecule has 2 aromatic heterocycles. The van der Waals surface area contributed by atoms with Crippen LogP contribution in [0.15, 0.2) is 35.8 Å². The van der Waals surface area contributed by atoms with Gasteiger partial charge in [-0.1, -0.05) is 0 Å². The average Bonchev–Trinajstić information content (AvgIpc) is 3.06. The molecule has 0 aliphatic rings. The Morgan fingerprint density at radius 1 is 1.40 bits per heavy atom. The second-order valence-corrected chi connectivity index (χ2v) is 5.43. The Balaban J connectivity index is 2.04. The van der Waals surface area contributed by atoms with Crippen LogP contribution in [-0.2, 0) is 5.88 Å². The van der Waals surface area contributed by atoms with Gasteiger partial charge in [0.05, 0.1) is 23.2 Å². The number of hydrogen-bond donors (Lipinski definition) is 0. The number of halogens is 1. The number of hydrogen-bond acceptors (Lipinski definition) is 4. The molecule has 100 valence electrons. The maximum Gasteiger partial charge on any atom is 0.195 e. The molecule has 0 fully saturated rings. The highest BCUT2D eigenvalue weighted by Crippen LogP contribution is 2.30. The first-order chi connectivity index (χ1) is 9.74. The topological polar surface area (TPSA) is 44.3 Å². The van der Waals surface area contributed by atoms with Gasteiger partial charge in [0.1, 0.15) is 0 Å². The molecular formula is C14H11ClN4S. The number of nitriles is 1. The van der Waals surface area contributed by atoms with Crippen LogP contribution in [0.25, 0.3) is 4.96 Å². The van der Waals surface area contributed by atoms with E-state index in [2.05, 4.69) is 11.1 Å². The lowest BCUT2D eigenvalue weighted by Gasteiger charge is -2.18. The van der Waals surface area contributed by atoms with E-state index in [1.165, 1.54) is 0 Å². The summed E-state index contributed by atoms with van der Waals surface area (Å²) < 4.78 is 2.01. The van der Waals surface area contributed by atoms with Gasteiger partial charge in [-0.2, -0.15) is 5.26 Å². The Morgan fingerprint density at radius 3 is 2.80 bits per heavy atom. The smallest absolute Gasteiger partial charge is 0.195 e. The molecule has 3 aromatic rings. The van der Waals surface area contributed by atoms with Crippen LogP contribution in [-0.4, -0.2) is 16.4 Å². The summed E-state index contributed by atoms with van der Waals surface area (Å²) in [5.41, 5.74) is 2.58. The maximum absolute atomic E-state index is 8.84. The van der Waals surface area contributed by atoms with Crippen molar-refractivity contribution in [3.63, 3.8) is 0 Å². The Labute approximate surface area is 125 Å². The third-order valence-corrected chi connectivity index (χ3v) is 4.18. The predicted molar refractivity (Wildman–Crippen MR) is 81.8 cm³/mol. The van der Waals surface area contributed by atoms with Crippen LogP contribution >= 0.6 is 22.9 Å². The molecule has 1 aromatic carbocycles. The van der Waals surface area contributed by atoms with Gasteiger partial charge < -0.3 is 4.90 Å². The van der Waals surface area contributed by atoms with Gasteiger partial charge in [-0.25, -0.2) is 4.98 Å². The minimum Gasteiger partial charge on any atom is -0.328 e. The normalized spacial score (nSPS) is 10.7. The number of fused-ring (bicyclic) bond motifs is 1. The summed E-state index contributed by atoms with van der Waals surface area (Å²) >= 11 is 7.64. The second-order valence-electron chi connectivity index (χ2n) is 4.29. The lowest BCUT2D eigenvalue weighted by Crippen LogP contribution is -2.11. The summed E-state index contributed by atoms with van der Waals surface area (Å²) in [7, 11) is 1.95. The van der Waals surface area contributed by atoms with Crippen molar-refractivity contribution in [2.45, 2.75) is 5.88 Å². The van der Waals surface area contributed by atoms with Crippen molar-refractivity contribution in [2.75, 3.05) is 11.9 Å². The summed E-state index contributed by atoms with van der Waals surface area (Å²) in [6.07, 6.45) is 1.97. The number of benzene rings is 1. The lowest BCUT2D eigenvalue weighted by molar-refractivity contribution is 1.08.